The summed E-state index contributed by atoms with van der Waals surface area (Å²) in [6.07, 6.45) is 2.22. The molecule has 0 amide bonds. The number of hydrogen-bond donors (Lipinski definition) is 0. The smallest absolute Gasteiger partial charge is 0.266 e. The van der Waals surface area contributed by atoms with Crippen molar-refractivity contribution >= 4 is 0 Å². The van der Waals surface area contributed by atoms with Gasteiger partial charge in [0.05, 0.1) is 17.9 Å². The number of aromatic nitrogens is 3. The summed E-state index contributed by atoms with van der Waals surface area (Å²) in [4.78, 5) is 14.7. The third-order valence-corrected chi connectivity index (χ3v) is 5.06. The Morgan fingerprint density at radius 1 is 1.28 bits per heavy atom. The number of likely N-dealkylation sites (tertiary alicyclic amines) is 1. The van der Waals surface area contributed by atoms with E-state index < -0.39 is 0 Å². The fourth-order valence-electron chi connectivity index (χ4n) is 3.42. The van der Waals surface area contributed by atoms with Crippen LogP contribution in [-0.2, 0) is 18.5 Å². The van der Waals surface area contributed by atoms with Crippen LogP contribution in [0.3, 0.4) is 0 Å². The van der Waals surface area contributed by atoms with Crippen LogP contribution in [0.5, 0.6) is 0 Å². The topological polar surface area (TPSA) is 64.2 Å². The van der Waals surface area contributed by atoms with Crippen molar-refractivity contribution in [3.63, 3.8) is 0 Å². The van der Waals surface area contributed by atoms with E-state index in [0.29, 0.717) is 12.6 Å². The predicted octanol–water partition coefficient (Wildman–Crippen LogP) is 2.81. The summed E-state index contributed by atoms with van der Waals surface area (Å²) in [6.45, 7) is 12.8. The SMILES string of the molecule is Cc1noc(C)c1CN1CCCC1Cn1nc(C(C)(C)C)ccc1=O. The van der Waals surface area contributed by atoms with Crippen molar-refractivity contribution in [1.82, 2.24) is 19.8 Å². The standard InChI is InChI=1S/C19H28N4O2/c1-13-16(14(2)25-21-13)12-22-10-6-7-15(22)11-23-18(24)9-8-17(20-23)19(3,4)5/h8-9,15H,6-7,10-12H2,1-5H3. The van der Waals surface area contributed by atoms with Gasteiger partial charge in [0.1, 0.15) is 5.76 Å². The molecule has 0 aliphatic carbocycles. The van der Waals surface area contributed by atoms with Gasteiger partial charge in [-0.2, -0.15) is 5.10 Å². The van der Waals surface area contributed by atoms with Gasteiger partial charge in [-0.1, -0.05) is 25.9 Å². The molecule has 1 aliphatic heterocycles. The van der Waals surface area contributed by atoms with Crippen LogP contribution in [0.2, 0.25) is 0 Å². The van der Waals surface area contributed by atoms with Gasteiger partial charge >= 0.3 is 0 Å². The van der Waals surface area contributed by atoms with Crippen LogP contribution in [-0.4, -0.2) is 32.4 Å². The minimum absolute atomic E-state index is 0.0304. The molecule has 25 heavy (non-hydrogen) atoms. The van der Waals surface area contributed by atoms with Crippen molar-refractivity contribution in [3.8, 4) is 0 Å². The van der Waals surface area contributed by atoms with Gasteiger partial charge in [-0.15, -0.1) is 0 Å². The third-order valence-electron chi connectivity index (χ3n) is 5.06. The molecule has 3 heterocycles. The summed E-state index contributed by atoms with van der Waals surface area (Å²) in [5, 5.41) is 8.67. The molecule has 0 saturated carbocycles. The van der Waals surface area contributed by atoms with Crippen LogP contribution in [0, 0.1) is 13.8 Å². The molecule has 3 rings (SSSR count). The van der Waals surface area contributed by atoms with Crippen molar-refractivity contribution in [2.75, 3.05) is 6.54 Å². The van der Waals surface area contributed by atoms with Crippen molar-refractivity contribution < 1.29 is 4.52 Å². The maximum Gasteiger partial charge on any atom is 0.266 e. The summed E-state index contributed by atoms with van der Waals surface area (Å²) in [7, 11) is 0. The van der Waals surface area contributed by atoms with Crippen molar-refractivity contribution in [2.24, 2.45) is 0 Å². The van der Waals surface area contributed by atoms with Crippen LogP contribution >= 0.6 is 0 Å². The first-order valence-electron chi connectivity index (χ1n) is 9.00. The molecule has 0 aromatic carbocycles. The Balaban J connectivity index is 1.79. The molecular formula is C19H28N4O2. The third kappa shape index (κ3) is 3.84. The minimum Gasteiger partial charge on any atom is -0.361 e. The molecule has 1 unspecified atom stereocenters. The molecule has 2 aromatic heterocycles. The summed E-state index contributed by atoms with van der Waals surface area (Å²) < 4.78 is 6.92. The molecule has 0 spiro atoms. The van der Waals surface area contributed by atoms with Crippen molar-refractivity contribution in [3.05, 3.63) is 45.2 Å². The zero-order valence-electron chi connectivity index (χ0n) is 15.9. The zero-order chi connectivity index (χ0) is 18.2. The van der Waals surface area contributed by atoms with E-state index in [1.807, 2.05) is 19.9 Å². The fraction of sp³-hybridized carbons (Fsp3) is 0.632. The average molecular weight is 344 g/mol. The van der Waals surface area contributed by atoms with E-state index in [1.54, 1.807) is 10.7 Å². The number of hydrogen-bond acceptors (Lipinski definition) is 5. The molecule has 1 atom stereocenters. The highest BCUT2D eigenvalue weighted by Gasteiger charge is 2.28. The van der Waals surface area contributed by atoms with Gasteiger partial charge in [0.15, 0.2) is 0 Å². The minimum atomic E-state index is -0.0680. The quantitative estimate of drug-likeness (QED) is 0.853. The van der Waals surface area contributed by atoms with E-state index in [1.165, 1.54) is 0 Å². The molecule has 0 radical (unpaired) electrons. The van der Waals surface area contributed by atoms with Gasteiger partial charge in [0.2, 0.25) is 0 Å². The first kappa shape index (κ1) is 17.9. The normalized spacial score (nSPS) is 18.8. The molecule has 6 nitrogen and oxygen atoms in total. The van der Waals surface area contributed by atoms with Crippen molar-refractivity contribution in [1.29, 1.82) is 0 Å². The highest BCUT2D eigenvalue weighted by atomic mass is 16.5. The van der Waals surface area contributed by atoms with E-state index in [0.717, 1.165) is 48.6 Å². The van der Waals surface area contributed by atoms with E-state index in [-0.39, 0.29) is 11.0 Å². The summed E-state index contributed by atoms with van der Waals surface area (Å²) in [5.41, 5.74) is 2.96. The number of aryl methyl sites for hydroxylation is 2. The average Bonchev–Trinajstić information content (AvgIpc) is 3.10. The lowest BCUT2D eigenvalue weighted by Gasteiger charge is -2.25. The maximum absolute atomic E-state index is 12.3. The van der Waals surface area contributed by atoms with E-state index in [2.05, 4.69) is 35.9 Å². The molecule has 1 fully saturated rings. The fourth-order valence-corrected chi connectivity index (χ4v) is 3.42. The second-order valence-electron chi connectivity index (χ2n) is 8.06. The second-order valence-corrected chi connectivity index (χ2v) is 8.06. The van der Waals surface area contributed by atoms with Gasteiger partial charge in [-0.25, -0.2) is 4.68 Å². The molecule has 2 aromatic rings. The van der Waals surface area contributed by atoms with Gasteiger partial charge in [0, 0.05) is 29.6 Å². The molecule has 6 heteroatoms. The Bertz CT molecular complexity index is 781. The monoisotopic (exact) mass is 344 g/mol. The second kappa shape index (κ2) is 6.75. The Morgan fingerprint density at radius 3 is 2.68 bits per heavy atom. The number of rotatable bonds is 4. The Labute approximate surface area is 148 Å². The largest absolute Gasteiger partial charge is 0.361 e. The maximum atomic E-state index is 12.3. The molecule has 1 saturated heterocycles. The molecule has 0 bridgehead atoms. The van der Waals surface area contributed by atoms with Crippen molar-refractivity contribution in [2.45, 2.75) is 72.0 Å². The van der Waals surface area contributed by atoms with E-state index in [4.69, 9.17) is 4.52 Å². The zero-order valence-corrected chi connectivity index (χ0v) is 15.9. The molecular weight excluding hydrogens is 316 g/mol. The van der Waals surface area contributed by atoms with Crippen LogP contribution in [0.4, 0.5) is 0 Å². The van der Waals surface area contributed by atoms with Crippen LogP contribution in [0.25, 0.3) is 0 Å². The lowest BCUT2D eigenvalue weighted by Crippen LogP contribution is -2.37. The summed E-state index contributed by atoms with van der Waals surface area (Å²) in [5.74, 6) is 0.883. The predicted molar refractivity (Wildman–Crippen MR) is 96.6 cm³/mol. The number of nitrogens with zero attached hydrogens (tertiary/aromatic N) is 4. The Hall–Kier alpha value is -1.95. The van der Waals surface area contributed by atoms with Gasteiger partial charge in [0.25, 0.3) is 5.56 Å². The van der Waals surface area contributed by atoms with Crippen LogP contribution < -0.4 is 5.56 Å². The van der Waals surface area contributed by atoms with Crippen LogP contribution in [0.15, 0.2) is 21.5 Å². The Morgan fingerprint density at radius 2 is 2.04 bits per heavy atom. The molecule has 136 valence electrons. The van der Waals surface area contributed by atoms with Crippen LogP contribution in [0.1, 0.15) is 56.3 Å². The first-order chi connectivity index (χ1) is 11.8. The van der Waals surface area contributed by atoms with Gasteiger partial charge in [-0.3, -0.25) is 9.69 Å². The lowest BCUT2D eigenvalue weighted by atomic mass is 9.92. The van der Waals surface area contributed by atoms with E-state index in [9.17, 15) is 4.79 Å². The highest BCUT2D eigenvalue weighted by Crippen LogP contribution is 2.24. The van der Waals surface area contributed by atoms with Gasteiger partial charge < -0.3 is 4.52 Å². The summed E-state index contributed by atoms with van der Waals surface area (Å²) >= 11 is 0. The first-order valence-corrected chi connectivity index (χ1v) is 9.00. The van der Waals surface area contributed by atoms with E-state index >= 15 is 0 Å². The lowest BCUT2D eigenvalue weighted by molar-refractivity contribution is 0.214. The highest BCUT2D eigenvalue weighted by molar-refractivity contribution is 5.20. The molecule has 0 N–H and O–H groups in total. The summed E-state index contributed by atoms with van der Waals surface area (Å²) in [6, 6.07) is 3.80. The van der Waals surface area contributed by atoms with Gasteiger partial charge in [-0.05, 0) is 39.3 Å². The molecule has 1 aliphatic rings. The Kier molecular flexibility index (Phi) is 4.82.